The molecule has 6 nitrogen and oxygen atoms in total. The van der Waals surface area contributed by atoms with Crippen molar-refractivity contribution < 1.29 is 32.7 Å². The van der Waals surface area contributed by atoms with E-state index in [9.17, 15) is 32.7 Å². The van der Waals surface area contributed by atoms with Crippen LogP contribution in [0.3, 0.4) is 0 Å². The van der Waals surface area contributed by atoms with E-state index < -0.39 is 35.4 Å². The Morgan fingerprint density at radius 3 is 2.32 bits per heavy atom. The zero-order valence-electron chi connectivity index (χ0n) is 20.1. The number of benzene rings is 2. The summed E-state index contributed by atoms with van der Waals surface area (Å²) >= 11 is 12.9. The number of halogens is 5. The van der Waals surface area contributed by atoms with Gasteiger partial charge in [0.25, 0.3) is 11.8 Å². The van der Waals surface area contributed by atoms with Gasteiger partial charge in [-0.25, -0.2) is 0 Å². The Hall–Kier alpha value is -3.04. The topological polar surface area (TPSA) is 79.6 Å². The minimum Gasteiger partial charge on any atom is -0.481 e. The first-order valence-electron chi connectivity index (χ1n) is 11.5. The summed E-state index contributed by atoms with van der Waals surface area (Å²) in [5.74, 6) is -2.91. The highest BCUT2D eigenvalue weighted by Gasteiger charge is 2.35. The number of carboxylic acid groups (broad SMARTS) is 1. The summed E-state index contributed by atoms with van der Waals surface area (Å²) in [4.78, 5) is 39.8. The van der Waals surface area contributed by atoms with Crippen molar-refractivity contribution in [2.75, 3.05) is 13.1 Å². The number of hydrogen-bond donors (Lipinski definition) is 1. The maximum Gasteiger partial charge on any atom is 0.416 e. The molecular weight excluding hydrogens is 532 g/mol. The summed E-state index contributed by atoms with van der Waals surface area (Å²) in [7, 11) is 0. The van der Waals surface area contributed by atoms with Gasteiger partial charge in [0.15, 0.2) is 0 Å². The van der Waals surface area contributed by atoms with E-state index in [-0.39, 0.29) is 63.1 Å². The molecule has 0 bridgehead atoms. The normalized spacial score (nSPS) is 18.3. The number of likely N-dealkylation sites (tertiary alicyclic amines) is 1. The molecule has 2 heterocycles. The summed E-state index contributed by atoms with van der Waals surface area (Å²) in [6, 6.07) is 4.73. The number of fused-ring (bicyclic) bond motifs is 1. The van der Waals surface area contributed by atoms with Crippen molar-refractivity contribution >= 4 is 51.9 Å². The molecule has 4 rings (SSSR count). The van der Waals surface area contributed by atoms with Crippen molar-refractivity contribution in [2.24, 2.45) is 11.8 Å². The van der Waals surface area contributed by atoms with E-state index in [0.717, 1.165) is 12.1 Å². The van der Waals surface area contributed by atoms with Gasteiger partial charge in [-0.2, -0.15) is 13.2 Å². The summed E-state index contributed by atoms with van der Waals surface area (Å²) in [5, 5.41) is 9.41. The lowest BCUT2D eigenvalue weighted by Crippen LogP contribution is -2.45. The molecule has 1 aliphatic heterocycles. The number of hydrogen-bond acceptors (Lipinski definition) is 3. The van der Waals surface area contributed by atoms with Crippen molar-refractivity contribution in [1.29, 1.82) is 0 Å². The molecule has 2 atom stereocenters. The molecule has 1 saturated heterocycles. The van der Waals surface area contributed by atoms with Gasteiger partial charge in [0.05, 0.1) is 38.2 Å². The molecule has 1 N–H and O–H groups in total. The number of alkyl halides is 3. The molecular formula is C26H23Cl2F3N2O4. The zero-order valence-corrected chi connectivity index (χ0v) is 21.6. The van der Waals surface area contributed by atoms with Crippen LogP contribution in [0.15, 0.2) is 30.5 Å². The molecule has 1 fully saturated rings. The van der Waals surface area contributed by atoms with E-state index in [4.69, 9.17) is 23.2 Å². The molecule has 3 aromatic rings. The maximum absolute atomic E-state index is 13.7. The average molecular weight is 555 g/mol. The Labute approximate surface area is 220 Å². The lowest BCUT2D eigenvalue weighted by atomic mass is 9.87. The Morgan fingerprint density at radius 1 is 1.05 bits per heavy atom. The third kappa shape index (κ3) is 4.82. The van der Waals surface area contributed by atoms with Crippen LogP contribution in [0.2, 0.25) is 10.0 Å². The third-order valence-electron chi connectivity index (χ3n) is 6.88. The first-order chi connectivity index (χ1) is 17.2. The molecule has 0 saturated carbocycles. The van der Waals surface area contributed by atoms with Crippen molar-refractivity contribution in [3.63, 3.8) is 0 Å². The molecule has 1 aromatic heterocycles. The molecule has 2 aromatic carbocycles. The molecule has 1 amide bonds. The lowest BCUT2D eigenvalue weighted by Gasteiger charge is -2.35. The smallest absolute Gasteiger partial charge is 0.416 e. The van der Waals surface area contributed by atoms with Gasteiger partial charge >= 0.3 is 12.1 Å². The highest BCUT2D eigenvalue weighted by atomic mass is 35.5. The van der Waals surface area contributed by atoms with Crippen LogP contribution in [-0.2, 0) is 11.0 Å². The second-order valence-corrected chi connectivity index (χ2v) is 10.2. The fourth-order valence-corrected chi connectivity index (χ4v) is 5.57. The van der Waals surface area contributed by atoms with Crippen molar-refractivity contribution in [2.45, 2.75) is 33.4 Å². The van der Waals surface area contributed by atoms with Gasteiger partial charge in [-0.05, 0) is 61.6 Å². The number of carboxylic acids is 1. The Morgan fingerprint density at radius 2 is 1.73 bits per heavy atom. The van der Waals surface area contributed by atoms with Crippen molar-refractivity contribution in [1.82, 2.24) is 9.47 Å². The number of piperidine rings is 1. The SMILES string of the molecule is Cc1cn(C(=O)c2c(Cl)ccc(C(=O)N3CCC(C(=O)O)C(C)C3)c2Cl)c2c(C)cc(C(F)(F)F)cc12. The molecule has 0 aliphatic carbocycles. The second kappa shape index (κ2) is 9.68. The third-order valence-corrected chi connectivity index (χ3v) is 7.59. The number of aromatic nitrogens is 1. The number of nitrogens with zero attached hydrogens (tertiary/aromatic N) is 2. The van der Waals surface area contributed by atoms with Gasteiger partial charge in [-0.15, -0.1) is 0 Å². The van der Waals surface area contributed by atoms with Crippen LogP contribution in [0.25, 0.3) is 10.9 Å². The average Bonchev–Trinajstić information content (AvgIpc) is 3.15. The number of aliphatic carboxylic acids is 1. The standard InChI is InChI=1S/C26H23Cl2F3N2O4/c1-12-8-15(26(29,30)31)9-18-14(3)11-33(22(12)18)24(35)20-19(27)5-4-17(21(20)28)23(34)32-7-6-16(25(36)37)13(2)10-32/h4-5,8-9,11,13,16H,6-7,10H2,1-3H3,(H,36,37). The molecule has 0 spiro atoms. The maximum atomic E-state index is 13.7. The Bertz CT molecular complexity index is 1450. The van der Waals surface area contributed by atoms with Gasteiger partial charge in [-0.3, -0.25) is 19.0 Å². The number of amides is 1. The first kappa shape index (κ1) is 27.0. The molecule has 11 heteroatoms. The predicted octanol–water partition coefficient (Wildman–Crippen LogP) is 6.46. The predicted molar refractivity (Wildman–Crippen MR) is 133 cm³/mol. The monoisotopic (exact) mass is 554 g/mol. The lowest BCUT2D eigenvalue weighted by molar-refractivity contribution is -0.145. The van der Waals surface area contributed by atoms with Crippen LogP contribution < -0.4 is 0 Å². The molecule has 1 aliphatic rings. The van der Waals surface area contributed by atoms with Crippen molar-refractivity contribution in [3.8, 4) is 0 Å². The Balaban J connectivity index is 1.75. The van der Waals surface area contributed by atoms with Crippen LogP contribution in [0.5, 0.6) is 0 Å². The number of carbonyl (C=O) groups excluding carboxylic acids is 2. The first-order valence-corrected chi connectivity index (χ1v) is 12.2. The molecule has 2 unspecified atom stereocenters. The highest BCUT2D eigenvalue weighted by molar-refractivity contribution is 6.41. The number of carbonyl (C=O) groups is 3. The van der Waals surface area contributed by atoms with Crippen LogP contribution in [0.1, 0.15) is 50.8 Å². The minimum atomic E-state index is -4.55. The largest absolute Gasteiger partial charge is 0.481 e. The summed E-state index contributed by atoms with van der Waals surface area (Å²) in [6.07, 6.45) is -2.85. The minimum absolute atomic E-state index is 0.0198. The number of rotatable bonds is 3. The van der Waals surface area contributed by atoms with Crippen LogP contribution in [0, 0.1) is 25.7 Å². The second-order valence-electron chi connectivity index (χ2n) is 9.42. The zero-order chi connectivity index (χ0) is 27.4. The molecule has 0 radical (unpaired) electrons. The van der Waals surface area contributed by atoms with E-state index in [1.807, 2.05) is 0 Å². The summed E-state index contributed by atoms with van der Waals surface area (Å²) < 4.78 is 41.2. The summed E-state index contributed by atoms with van der Waals surface area (Å²) in [6.45, 7) is 5.25. The van der Waals surface area contributed by atoms with E-state index >= 15 is 0 Å². The molecule has 196 valence electrons. The fraction of sp³-hybridized carbons (Fsp3) is 0.346. The van der Waals surface area contributed by atoms with Gasteiger partial charge in [0, 0.05) is 24.7 Å². The van der Waals surface area contributed by atoms with Crippen molar-refractivity contribution in [3.05, 3.63) is 68.3 Å². The van der Waals surface area contributed by atoms with Gasteiger partial charge < -0.3 is 10.0 Å². The Kier molecular flexibility index (Phi) is 7.07. The summed E-state index contributed by atoms with van der Waals surface area (Å²) in [5.41, 5.74) is 0.0196. The van der Waals surface area contributed by atoms with E-state index in [2.05, 4.69) is 0 Å². The van der Waals surface area contributed by atoms with E-state index in [1.54, 1.807) is 13.8 Å². The fourth-order valence-electron chi connectivity index (χ4n) is 4.95. The van der Waals surface area contributed by atoms with Crippen LogP contribution in [-0.4, -0.2) is 45.4 Å². The number of aryl methyl sites for hydroxylation is 2. The van der Waals surface area contributed by atoms with Gasteiger partial charge in [0.1, 0.15) is 0 Å². The molecule has 37 heavy (non-hydrogen) atoms. The van der Waals surface area contributed by atoms with Gasteiger partial charge in [0.2, 0.25) is 0 Å². The highest BCUT2D eigenvalue weighted by Crippen LogP contribution is 2.37. The van der Waals surface area contributed by atoms with E-state index in [1.165, 1.54) is 34.7 Å². The van der Waals surface area contributed by atoms with Gasteiger partial charge in [-0.1, -0.05) is 30.1 Å². The van der Waals surface area contributed by atoms with E-state index in [0.29, 0.717) is 5.56 Å². The van der Waals surface area contributed by atoms with Crippen LogP contribution in [0.4, 0.5) is 13.2 Å². The quantitative estimate of drug-likeness (QED) is 0.403. The van der Waals surface area contributed by atoms with Crippen LogP contribution >= 0.6 is 23.2 Å².